The molecule has 0 bridgehead atoms. The third kappa shape index (κ3) is 7.29. The van der Waals surface area contributed by atoms with E-state index >= 15 is 0 Å². The van der Waals surface area contributed by atoms with E-state index < -0.39 is 34.3 Å². The summed E-state index contributed by atoms with van der Waals surface area (Å²) in [6.07, 6.45) is 5.99. The molecule has 3 rings (SSSR count). The number of carbonyl (C=O) groups is 2. The SMILES string of the molecule is Cc1cc(N(CC(=O)N(Cc2ccccc2F)C(C)C(=O)NC2CCCCC2)S(C)(=O)=O)ccc1Br. The number of rotatable bonds is 9. The lowest BCUT2D eigenvalue weighted by molar-refractivity contribution is -0.139. The van der Waals surface area contributed by atoms with Crippen LogP contribution in [-0.2, 0) is 26.2 Å². The van der Waals surface area contributed by atoms with E-state index in [2.05, 4.69) is 21.2 Å². The van der Waals surface area contributed by atoms with E-state index in [0.717, 1.165) is 52.7 Å². The molecule has 0 spiro atoms. The van der Waals surface area contributed by atoms with Gasteiger partial charge < -0.3 is 10.2 Å². The van der Waals surface area contributed by atoms with E-state index in [-0.39, 0.29) is 24.1 Å². The Labute approximate surface area is 221 Å². The maximum Gasteiger partial charge on any atom is 0.244 e. The van der Waals surface area contributed by atoms with Gasteiger partial charge in [0.2, 0.25) is 21.8 Å². The van der Waals surface area contributed by atoms with E-state index in [4.69, 9.17) is 0 Å². The molecule has 2 aromatic carbocycles. The number of halogens is 2. The molecule has 1 saturated carbocycles. The molecule has 196 valence electrons. The molecule has 0 aliphatic heterocycles. The van der Waals surface area contributed by atoms with E-state index in [9.17, 15) is 22.4 Å². The molecule has 1 aliphatic rings. The van der Waals surface area contributed by atoms with E-state index in [1.807, 2.05) is 6.92 Å². The molecule has 0 heterocycles. The molecule has 1 fully saturated rings. The first-order chi connectivity index (χ1) is 17.0. The summed E-state index contributed by atoms with van der Waals surface area (Å²) in [4.78, 5) is 28.0. The number of anilines is 1. The van der Waals surface area contributed by atoms with Crippen molar-refractivity contribution in [3.05, 3.63) is 63.9 Å². The number of amides is 2. The van der Waals surface area contributed by atoms with Gasteiger partial charge in [0.25, 0.3) is 0 Å². The summed E-state index contributed by atoms with van der Waals surface area (Å²) in [5, 5.41) is 3.02. The summed E-state index contributed by atoms with van der Waals surface area (Å²) in [5.41, 5.74) is 1.38. The molecule has 1 N–H and O–H groups in total. The maximum absolute atomic E-state index is 14.5. The third-order valence-corrected chi connectivity index (χ3v) is 8.56. The zero-order valence-corrected chi connectivity index (χ0v) is 23.2. The highest BCUT2D eigenvalue weighted by Gasteiger charge is 2.31. The summed E-state index contributed by atoms with van der Waals surface area (Å²) < 4.78 is 41.7. The number of aryl methyl sites for hydroxylation is 1. The Morgan fingerprint density at radius 2 is 1.81 bits per heavy atom. The van der Waals surface area contributed by atoms with Gasteiger partial charge in [-0.05, 0) is 56.5 Å². The van der Waals surface area contributed by atoms with Gasteiger partial charge in [-0.2, -0.15) is 0 Å². The van der Waals surface area contributed by atoms with Gasteiger partial charge in [0.05, 0.1) is 11.9 Å². The van der Waals surface area contributed by atoms with E-state index in [0.29, 0.717) is 5.69 Å². The highest BCUT2D eigenvalue weighted by molar-refractivity contribution is 9.10. The van der Waals surface area contributed by atoms with Gasteiger partial charge in [-0.25, -0.2) is 12.8 Å². The smallest absolute Gasteiger partial charge is 0.244 e. The zero-order valence-electron chi connectivity index (χ0n) is 20.8. The standard InChI is InChI=1S/C26H33BrFN3O4S/c1-18-15-22(13-14-23(18)27)31(36(3,34)35)17-25(32)30(16-20-9-7-8-12-24(20)28)19(2)26(33)29-21-10-5-4-6-11-21/h7-9,12-15,19,21H,4-6,10-11,16-17H2,1-3H3,(H,29,33). The molecule has 1 unspecified atom stereocenters. The molecular formula is C26H33BrFN3O4S. The van der Waals surface area contributed by atoms with Crippen LogP contribution in [0.15, 0.2) is 46.9 Å². The fourth-order valence-corrected chi connectivity index (χ4v) is 5.45. The van der Waals surface area contributed by atoms with Crippen LogP contribution in [0.25, 0.3) is 0 Å². The second kappa shape index (κ2) is 12.2. The molecule has 0 aromatic heterocycles. The number of nitrogens with zero attached hydrogens (tertiary/aromatic N) is 2. The van der Waals surface area contributed by atoms with Crippen molar-refractivity contribution < 1.29 is 22.4 Å². The molecule has 0 radical (unpaired) electrons. The second-order valence-electron chi connectivity index (χ2n) is 9.34. The molecular weight excluding hydrogens is 549 g/mol. The molecule has 10 heteroatoms. The van der Waals surface area contributed by atoms with Gasteiger partial charge in [-0.1, -0.05) is 53.4 Å². The minimum atomic E-state index is -3.83. The van der Waals surface area contributed by atoms with Crippen molar-refractivity contribution in [1.29, 1.82) is 0 Å². The largest absolute Gasteiger partial charge is 0.352 e. The average molecular weight is 583 g/mol. The van der Waals surface area contributed by atoms with Crippen LogP contribution in [0.5, 0.6) is 0 Å². The summed E-state index contributed by atoms with van der Waals surface area (Å²) in [5.74, 6) is -1.44. The quantitative estimate of drug-likeness (QED) is 0.471. The molecule has 2 aromatic rings. The van der Waals surface area contributed by atoms with Gasteiger partial charge >= 0.3 is 0 Å². The monoisotopic (exact) mass is 581 g/mol. The van der Waals surface area contributed by atoms with Gasteiger partial charge in [-0.3, -0.25) is 13.9 Å². The molecule has 36 heavy (non-hydrogen) atoms. The van der Waals surface area contributed by atoms with Gasteiger partial charge in [0.1, 0.15) is 18.4 Å². The van der Waals surface area contributed by atoms with Crippen LogP contribution < -0.4 is 9.62 Å². The highest BCUT2D eigenvalue weighted by atomic mass is 79.9. The van der Waals surface area contributed by atoms with Crippen LogP contribution in [0.1, 0.15) is 50.2 Å². The Morgan fingerprint density at radius 3 is 2.42 bits per heavy atom. The van der Waals surface area contributed by atoms with Crippen molar-refractivity contribution in [1.82, 2.24) is 10.2 Å². The van der Waals surface area contributed by atoms with Crippen LogP contribution >= 0.6 is 15.9 Å². The van der Waals surface area contributed by atoms with Crippen LogP contribution in [-0.4, -0.2) is 50.0 Å². The molecule has 1 aliphatic carbocycles. The lowest BCUT2D eigenvalue weighted by Crippen LogP contribution is -2.53. The second-order valence-corrected chi connectivity index (χ2v) is 12.1. The zero-order chi connectivity index (χ0) is 26.5. The van der Waals surface area contributed by atoms with Crippen molar-refractivity contribution >= 4 is 43.5 Å². The normalized spacial score (nSPS) is 15.2. The third-order valence-electron chi connectivity index (χ3n) is 6.53. The van der Waals surface area contributed by atoms with E-state index in [1.165, 1.54) is 11.0 Å². The lowest BCUT2D eigenvalue weighted by Gasteiger charge is -2.33. The number of carbonyl (C=O) groups excluding carboxylic acids is 2. The number of hydrogen-bond donors (Lipinski definition) is 1. The average Bonchev–Trinajstić information content (AvgIpc) is 2.83. The summed E-state index contributed by atoms with van der Waals surface area (Å²) in [6.45, 7) is 2.72. The maximum atomic E-state index is 14.5. The van der Waals surface area contributed by atoms with Crippen molar-refractivity contribution in [3.8, 4) is 0 Å². The first kappa shape index (κ1) is 28.1. The fraction of sp³-hybridized carbons (Fsp3) is 0.462. The van der Waals surface area contributed by atoms with Gasteiger partial charge in [0.15, 0.2) is 0 Å². The number of hydrogen-bond acceptors (Lipinski definition) is 4. The Hall–Kier alpha value is -2.46. The van der Waals surface area contributed by atoms with Crippen LogP contribution in [0.3, 0.4) is 0 Å². The van der Waals surface area contributed by atoms with Gasteiger partial charge in [-0.15, -0.1) is 0 Å². The Bertz CT molecular complexity index is 1200. The molecule has 0 saturated heterocycles. The first-order valence-corrected chi connectivity index (χ1v) is 14.7. The van der Waals surface area contributed by atoms with Crippen molar-refractivity contribution in [2.75, 3.05) is 17.1 Å². The summed E-state index contributed by atoms with van der Waals surface area (Å²) in [6, 6.07) is 10.1. The number of benzene rings is 2. The van der Waals surface area contributed by atoms with Crippen LogP contribution in [0.4, 0.5) is 10.1 Å². The predicted octanol–water partition coefficient (Wildman–Crippen LogP) is 4.53. The van der Waals surface area contributed by atoms with Crippen molar-refractivity contribution in [3.63, 3.8) is 0 Å². The van der Waals surface area contributed by atoms with Crippen LogP contribution in [0, 0.1) is 12.7 Å². The summed E-state index contributed by atoms with van der Waals surface area (Å²) >= 11 is 3.40. The molecule has 1 atom stereocenters. The number of nitrogens with one attached hydrogen (secondary N) is 1. The Kier molecular flexibility index (Phi) is 9.52. The molecule has 7 nitrogen and oxygen atoms in total. The topological polar surface area (TPSA) is 86.8 Å². The van der Waals surface area contributed by atoms with Crippen LogP contribution in [0.2, 0.25) is 0 Å². The van der Waals surface area contributed by atoms with Gasteiger partial charge in [0, 0.05) is 22.6 Å². The van der Waals surface area contributed by atoms with Crippen molar-refractivity contribution in [2.45, 2.75) is 64.6 Å². The minimum Gasteiger partial charge on any atom is -0.352 e. The fourth-order valence-electron chi connectivity index (χ4n) is 4.36. The summed E-state index contributed by atoms with van der Waals surface area (Å²) in [7, 11) is -3.83. The predicted molar refractivity (Wildman–Crippen MR) is 142 cm³/mol. The number of sulfonamides is 1. The minimum absolute atomic E-state index is 0.0392. The highest BCUT2D eigenvalue weighted by Crippen LogP contribution is 2.25. The van der Waals surface area contributed by atoms with Crippen molar-refractivity contribution in [2.24, 2.45) is 0 Å². The Morgan fingerprint density at radius 1 is 1.14 bits per heavy atom. The lowest BCUT2D eigenvalue weighted by atomic mass is 9.95. The molecule has 2 amide bonds. The Balaban J connectivity index is 1.89. The first-order valence-electron chi connectivity index (χ1n) is 12.0. The van der Waals surface area contributed by atoms with E-state index in [1.54, 1.807) is 43.3 Å².